The lowest BCUT2D eigenvalue weighted by Crippen LogP contribution is -2.34. The quantitative estimate of drug-likeness (QED) is 0.875. The molecule has 0 aromatic heterocycles. The maximum atomic E-state index is 12.5. The normalized spacial score (nSPS) is 11.0. The molecule has 0 aliphatic carbocycles. The van der Waals surface area contributed by atoms with Gasteiger partial charge in [0.2, 0.25) is 11.8 Å². The fourth-order valence-corrected chi connectivity index (χ4v) is 2.27. The third-order valence-electron chi connectivity index (χ3n) is 3.56. The maximum Gasteiger partial charge on any atom is 0.248 e. The van der Waals surface area contributed by atoms with Crippen LogP contribution in [-0.4, -0.2) is 11.8 Å². The average Bonchev–Trinajstić information content (AvgIpc) is 2.48. The number of carbonyl (C=O) groups excluding carboxylic acids is 2. The predicted molar refractivity (Wildman–Crippen MR) is 90.8 cm³/mol. The second-order valence-electron chi connectivity index (χ2n) is 5.53. The number of halogens is 1. The lowest BCUT2D eigenvalue weighted by molar-refractivity contribution is -0.120. The molecule has 0 spiro atoms. The minimum atomic E-state index is -0.678. The minimum absolute atomic E-state index is 0.123. The number of nitrogens with one attached hydrogen (secondary N) is 1. The number of benzene rings is 2. The largest absolute Gasteiger partial charge is 0.366 e. The van der Waals surface area contributed by atoms with Crippen LogP contribution in [0.4, 0.5) is 5.69 Å². The van der Waals surface area contributed by atoms with Gasteiger partial charge in [0, 0.05) is 15.7 Å². The predicted octanol–water partition coefficient (Wildman–Crippen LogP) is 3.46. The van der Waals surface area contributed by atoms with Gasteiger partial charge in [0.25, 0.3) is 0 Å². The standard InChI is InChI=1S/C17H17BrN2O2/c1-17(2,12-5-7-13(18)8-6-12)16(22)20-14-9-3-11(4-10-14)15(19)21/h3-10H,1-2H3,(H2,19,21)(H,20,22). The first-order valence-corrected chi connectivity index (χ1v) is 7.57. The highest BCUT2D eigenvalue weighted by Crippen LogP contribution is 2.26. The zero-order valence-electron chi connectivity index (χ0n) is 12.4. The summed E-state index contributed by atoms with van der Waals surface area (Å²) in [5, 5.41) is 2.86. The molecule has 22 heavy (non-hydrogen) atoms. The van der Waals surface area contributed by atoms with Crippen LogP contribution in [0.5, 0.6) is 0 Å². The second kappa shape index (κ2) is 6.32. The van der Waals surface area contributed by atoms with Gasteiger partial charge in [0.1, 0.15) is 0 Å². The van der Waals surface area contributed by atoms with Gasteiger partial charge >= 0.3 is 0 Å². The van der Waals surface area contributed by atoms with Crippen LogP contribution in [0.2, 0.25) is 0 Å². The lowest BCUT2D eigenvalue weighted by Gasteiger charge is -2.24. The van der Waals surface area contributed by atoms with Crippen LogP contribution in [0.3, 0.4) is 0 Å². The number of nitrogens with two attached hydrogens (primary N) is 1. The molecule has 2 rings (SSSR count). The van der Waals surface area contributed by atoms with Crippen molar-refractivity contribution in [3.63, 3.8) is 0 Å². The molecule has 2 aromatic rings. The smallest absolute Gasteiger partial charge is 0.248 e. The van der Waals surface area contributed by atoms with Crippen LogP contribution in [0.15, 0.2) is 53.0 Å². The molecule has 0 unspecified atom stereocenters. The summed E-state index contributed by atoms with van der Waals surface area (Å²) in [4.78, 5) is 23.6. The van der Waals surface area contributed by atoms with Gasteiger partial charge in [-0.2, -0.15) is 0 Å². The van der Waals surface area contributed by atoms with E-state index in [9.17, 15) is 9.59 Å². The van der Waals surface area contributed by atoms with Crippen LogP contribution < -0.4 is 11.1 Å². The number of hydrogen-bond acceptors (Lipinski definition) is 2. The summed E-state index contributed by atoms with van der Waals surface area (Å²) in [6, 6.07) is 14.2. The fourth-order valence-electron chi connectivity index (χ4n) is 2.00. The topological polar surface area (TPSA) is 72.2 Å². The lowest BCUT2D eigenvalue weighted by atomic mass is 9.83. The third-order valence-corrected chi connectivity index (χ3v) is 4.09. The number of primary amides is 1. The van der Waals surface area contributed by atoms with E-state index in [1.165, 1.54) is 0 Å². The second-order valence-corrected chi connectivity index (χ2v) is 6.44. The van der Waals surface area contributed by atoms with Crippen molar-refractivity contribution < 1.29 is 9.59 Å². The maximum absolute atomic E-state index is 12.5. The highest BCUT2D eigenvalue weighted by atomic mass is 79.9. The molecule has 2 aromatic carbocycles. The number of rotatable bonds is 4. The molecule has 0 saturated heterocycles. The van der Waals surface area contributed by atoms with Crippen LogP contribution in [-0.2, 0) is 10.2 Å². The molecule has 0 radical (unpaired) electrons. The van der Waals surface area contributed by atoms with E-state index in [4.69, 9.17) is 5.73 Å². The minimum Gasteiger partial charge on any atom is -0.366 e. The van der Waals surface area contributed by atoms with Crippen molar-refractivity contribution in [1.82, 2.24) is 0 Å². The molecule has 0 saturated carbocycles. The Balaban J connectivity index is 2.16. The van der Waals surface area contributed by atoms with Gasteiger partial charge in [-0.05, 0) is 55.8 Å². The molecule has 3 N–H and O–H groups in total. The Morgan fingerprint density at radius 2 is 1.55 bits per heavy atom. The highest BCUT2D eigenvalue weighted by Gasteiger charge is 2.29. The van der Waals surface area contributed by atoms with Crippen molar-refractivity contribution in [1.29, 1.82) is 0 Å². The fraction of sp³-hybridized carbons (Fsp3) is 0.176. The average molecular weight is 361 g/mol. The van der Waals surface area contributed by atoms with E-state index in [0.29, 0.717) is 11.3 Å². The van der Waals surface area contributed by atoms with E-state index in [1.54, 1.807) is 24.3 Å². The van der Waals surface area contributed by atoms with E-state index >= 15 is 0 Å². The summed E-state index contributed by atoms with van der Waals surface area (Å²) in [6.45, 7) is 3.73. The van der Waals surface area contributed by atoms with E-state index in [0.717, 1.165) is 10.0 Å². The molecule has 0 heterocycles. The Kier molecular flexibility index (Phi) is 4.66. The Hall–Kier alpha value is -2.14. The molecule has 114 valence electrons. The molecule has 0 bridgehead atoms. The first-order chi connectivity index (χ1) is 10.3. The van der Waals surface area contributed by atoms with E-state index in [2.05, 4.69) is 21.2 Å². The van der Waals surface area contributed by atoms with Crippen LogP contribution in [0, 0.1) is 0 Å². The van der Waals surface area contributed by atoms with Crippen molar-refractivity contribution in [3.05, 3.63) is 64.1 Å². The summed E-state index contributed by atoms with van der Waals surface area (Å²) in [6.07, 6.45) is 0. The molecule has 0 fully saturated rings. The van der Waals surface area contributed by atoms with Crippen molar-refractivity contribution in [2.24, 2.45) is 5.73 Å². The summed E-state index contributed by atoms with van der Waals surface area (Å²) >= 11 is 3.38. The number of amides is 2. The molecule has 2 amide bonds. The molecular formula is C17H17BrN2O2. The summed E-state index contributed by atoms with van der Waals surface area (Å²) in [5.41, 5.74) is 6.47. The van der Waals surface area contributed by atoms with E-state index in [-0.39, 0.29) is 5.91 Å². The zero-order valence-corrected chi connectivity index (χ0v) is 14.0. The van der Waals surface area contributed by atoms with Crippen LogP contribution in [0.1, 0.15) is 29.8 Å². The molecule has 0 aliphatic rings. The van der Waals surface area contributed by atoms with Gasteiger partial charge in [0.15, 0.2) is 0 Å². The number of hydrogen-bond donors (Lipinski definition) is 2. The van der Waals surface area contributed by atoms with Gasteiger partial charge in [-0.1, -0.05) is 28.1 Å². The monoisotopic (exact) mass is 360 g/mol. The molecular weight excluding hydrogens is 344 g/mol. The molecule has 4 nitrogen and oxygen atoms in total. The number of carbonyl (C=O) groups is 2. The van der Waals surface area contributed by atoms with Crippen LogP contribution in [0.25, 0.3) is 0 Å². The van der Waals surface area contributed by atoms with Crippen LogP contribution >= 0.6 is 15.9 Å². The van der Waals surface area contributed by atoms with Crippen molar-refractivity contribution >= 4 is 33.4 Å². The van der Waals surface area contributed by atoms with Crippen molar-refractivity contribution in [3.8, 4) is 0 Å². The first kappa shape index (κ1) is 16.2. The van der Waals surface area contributed by atoms with E-state index < -0.39 is 11.3 Å². The van der Waals surface area contributed by atoms with Gasteiger partial charge in [0.05, 0.1) is 5.41 Å². The van der Waals surface area contributed by atoms with Crippen molar-refractivity contribution in [2.75, 3.05) is 5.32 Å². The van der Waals surface area contributed by atoms with Gasteiger partial charge < -0.3 is 11.1 Å². The van der Waals surface area contributed by atoms with Gasteiger partial charge in [-0.15, -0.1) is 0 Å². The molecule has 0 atom stereocenters. The third kappa shape index (κ3) is 3.54. The first-order valence-electron chi connectivity index (χ1n) is 6.78. The highest BCUT2D eigenvalue weighted by molar-refractivity contribution is 9.10. The summed E-state index contributed by atoms with van der Waals surface area (Å²) < 4.78 is 0.967. The van der Waals surface area contributed by atoms with E-state index in [1.807, 2.05) is 38.1 Å². The zero-order chi connectivity index (χ0) is 16.3. The van der Waals surface area contributed by atoms with Gasteiger partial charge in [-0.25, -0.2) is 0 Å². The van der Waals surface area contributed by atoms with Crippen molar-refractivity contribution in [2.45, 2.75) is 19.3 Å². The summed E-state index contributed by atoms with van der Waals surface area (Å²) in [7, 11) is 0. The Bertz CT molecular complexity index is 692. The van der Waals surface area contributed by atoms with Gasteiger partial charge in [-0.3, -0.25) is 9.59 Å². The number of anilines is 1. The SMILES string of the molecule is CC(C)(C(=O)Nc1ccc(C(N)=O)cc1)c1ccc(Br)cc1. The Labute approximate surface area is 137 Å². The Morgan fingerprint density at radius 3 is 2.05 bits per heavy atom. The Morgan fingerprint density at radius 1 is 1.00 bits per heavy atom. The summed E-state index contributed by atoms with van der Waals surface area (Å²) in [5.74, 6) is -0.616. The molecule has 0 aliphatic heterocycles. The molecule has 5 heteroatoms.